The molecule has 3 aromatic carbocycles. The Kier molecular flexibility index (Phi) is 3.86. The fourth-order valence-electron chi connectivity index (χ4n) is 3.02. The summed E-state index contributed by atoms with van der Waals surface area (Å²) in [5.41, 5.74) is 1.65. The molecule has 0 aliphatic rings. The minimum absolute atomic E-state index is 0.244. The first-order valence-corrected chi connectivity index (χ1v) is 8.07. The second-order valence-corrected chi connectivity index (χ2v) is 5.81. The van der Waals surface area contributed by atoms with Gasteiger partial charge in [-0.3, -0.25) is 4.79 Å². The molecule has 25 heavy (non-hydrogen) atoms. The van der Waals surface area contributed by atoms with Gasteiger partial charge in [-0.2, -0.15) is 0 Å². The van der Waals surface area contributed by atoms with E-state index in [1.807, 2.05) is 42.5 Å². The number of para-hydroxylation sites is 1. The summed E-state index contributed by atoms with van der Waals surface area (Å²) < 4.78 is 11.0. The van der Waals surface area contributed by atoms with Gasteiger partial charge in [-0.05, 0) is 28.5 Å². The minimum atomic E-state index is -0.244. The molecule has 1 aromatic heterocycles. The lowest BCUT2D eigenvalue weighted by Gasteiger charge is -2.07. The number of amides is 1. The topological polar surface area (TPSA) is 51.5 Å². The van der Waals surface area contributed by atoms with Gasteiger partial charge in [0.2, 0.25) is 0 Å². The summed E-state index contributed by atoms with van der Waals surface area (Å²) >= 11 is 0. The molecule has 4 nitrogen and oxygen atoms in total. The number of carbonyl (C=O) groups excluding carboxylic acids is 1. The molecule has 1 heterocycles. The number of furan rings is 1. The number of methoxy groups -OCH3 is 1. The van der Waals surface area contributed by atoms with Gasteiger partial charge in [0.05, 0.1) is 7.11 Å². The Labute approximate surface area is 145 Å². The Hall–Kier alpha value is -3.27. The number of benzene rings is 3. The van der Waals surface area contributed by atoms with E-state index in [4.69, 9.17) is 9.15 Å². The van der Waals surface area contributed by atoms with E-state index in [2.05, 4.69) is 23.5 Å². The standard InChI is InChI=1S/C21H17NO3/c1-24-18-11-5-8-15-12-19(25-20(15)18)21(23)22-13-16-9-4-7-14-6-2-3-10-17(14)16/h2-12H,13H2,1H3,(H,22,23). The van der Waals surface area contributed by atoms with Crippen molar-refractivity contribution in [2.24, 2.45) is 0 Å². The van der Waals surface area contributed by atoms with Crippen LogP contribution in [0.2, 0.25) is 0 Å². The highest BCUT2D eigenvalue weighted by molar-refractivity contribution is 5.97. The second kappa shape index (κ2) is 6.32. The van der Waals surface area contributed by atoms with Gasteiger partial charge in [-0.15, -0.1) is 0 Å². The quantitative estimate of drug-likeness (QED) is 0.598. The summed E-state index contributed by atoms with van der Waals surface area (Å²) in [6.07, 6.45) is 0. The molecule has 1 N–H and O–H groups in total. The summed E-state index contributed by atoms with van der Waals surface area (Å²) in [5, 5.41) is 6.07. The van der Waals surface area contributed by atoms with E-state index in [0.717, 1.165) is 21.7 Å². The maximum Gasteiger partial charge on any atom is 0.287 e. The molecule has 0 atom stereocenters. The predicted molar refractivity (Wildman–Crippen MR) is 97.9 cm³/mol. The Morgan fingerprint density at radius 1 is 1.00 bits per heavy atom. The highest BCUT2D eigenvalue weighted by Crippen LogP contribution is 2.28. The van der Waals surface area contributed by atoms with Gasteiger partial charge in [-0.25, -0.2) is 0 Å². The lowest BCUT2D eigenvalue weighted by Crippen LogP contribution is -2.22. The van der Waals surface area contributed by atoms with Crippen molar-refractivity contribution < 1.29 is 13.9 Å². The van der Waals surface area contributed by atoms with Crippen molar-refractivity contribution in [3.05, 3.63) is 78.1 Å². The van der Waals surface area contributed by atoms with Crippen LogP contribution in [-0.4, -0.2) is 13.0 Å². The molecular formula is C21H17NO3. The fourth-order valence-corrected chi connectivity index (χ4v) is 3.02. The summed E-state index contributed by atoms with van der Waals surface area (Å²) in [4.78, 5) is 12.5. The summed E-state index contributed by atoms with van der Waals surface area (Å²) in [6, 6.07) is 21.5. The van der Waals surface area contributed by atoms with Crippen LogP contribution in [-0.2, 0) is 6.54 Å². The maximum atomic E-state index is 12.5. The molecular weight excluding hydrogens is 314 g/mol. The van der Waals surface area contributed by atoms with Gasteiger partial charge in [0, 0.05) is 11.9 Å². The van der Waals surface area contributed by atoms with E-state index in [-0.39, 0.29) is 11.7 Å². The van der Waals surface area contributed by atoms with E-state index in [1.165, 1.54) is 0 Å². The molecule has 0 spiro atoms. The predicted octanol–water partition coefficient (Wildman–Crippen LogP) is 4.52. The molecule has 4 rings (SSSR count). The number of ether oxygens (including phenoxy) is 1. The van der Waals surface area contributed by atoms with Gasteiger partial charge in [0.25, 0.3) is 5.91 Å². The molecule has 124 valence electrons. The number of rotatable bonds is 4. The first-order valence-electron chi connectivity index (χ1n) is 8.07. The van der Waals surface area contributed by atoms with Gasteiger partial charge < -0.3 is 14.5 Å². The summed E-state index contributed by atoms with van der Waals surface area (Å²) in [7, 11) is 1.58. The van der Waals surface area contributed by atoms with Crippen molar-refractivity contribution in [2.45, 2.75) is 6.54 Å². The lowest BCUT2D eigenvalue weighted by molar-refractivity contribution is 0.0925. The molecule has 0 radical (unpaired) electrons. The maximum absolute atomic E-state index is 12.5. The van der Waals surface area contributed by atoms with Crippen molar-refractivity contribution in [3.8, 4) is 5.75 Å². The molecule has 0 saturated carbocycles. The molecule has 0 unspecified atom stereocenters. The lowest BCUT2D eigenvalue weighted by atomic mass is 10.0. The van der Waals surface area contributed by atoms with E-state index >= 15 is 0 Å². The molecule has 0 aliphatic heterocycles. The fraction of sp³-hybridized carbons (Fsp3) is 0.0952. The van der Waals surface area contributed by atoms with Crippen molar-refractivity contribution in [1.82, 2.24) is 5.32 Å². The smallest absolute Gasteiger partial charge is 0.287 e. The summed E-state index contributed by atoms with van der Waals surface area (Å²) in [5.74, 6) is 0.650. The van der Waals surface area contributed by atoms with Crippen LogP contribution >= 0.6 is 0 Å². The van der Waals surface area contributed by atoms with E-state index < -0.39 is 0 Å². The number of carbonyl (C=O) groups is 1. The average molecular weight is 331 g/mol. The first-order chi connectivity index (χ1) is 12.3. The van der Waals surface area contributed by atoms with Crippen molar-refractivity contribution in [2.75, 3.05) is 7.11 Å². The monoisotopic (exact) mass is 331 g/mol. The third-order valence-electron chi connectivity index (χ3n) is 4.27. The highest BCUT2D eigenvalue weighted by atomic mass is 16.5. The highest BCUT2D eigenvalue weighted by Gasteiger charge is 2.14. The molecule has 4 heteroatoms. The number of hydrogen-bond acceptors (Lipinski definition) is 3. The largest absolute Gasteiger partial charge is 0.493 e. The normalized spacial score (nSPS) is 10.9. The Balaban J connectivity index is 1.58. The van der Waals surface area contributed by atoms with Gasteiger partial charge in [0.1, 0.15) is 0 Å². The van der Waals surface area contributed by atoms with Gasteiger partial charge in [-0.1, -0.05) is 54.6 Å². The van der Waals surface area contributed by atoms with Crippen molar-refractivity contribution >= 4 is 27.6 Å². The molecule has 4 aromatic rings. The third kappa shape index (κ3) is 2.83. The molecule has 0 aliphatic carbocycles. The zero-order valence-corrected chi connectivity index (χ0v) is 13.8. The molecule has 0 bridgehead atoms. The van der Waals surface area contributed by atoms with Crippen LogP contribution in [0.25, 0.3) is 21.7 Å². The molecule has 1 amide bonds. The zero-order chi connectivity index (χ0) is 17.2. The second-order valence-electron chi connectivity index (χ2n) is 5.81. The molecule has 0 fully saturated rings. The van der Waals surface area contributed by atoms with Crippen LogP contribution in [0.3, 0.4) is 0 Å². The van der Waals surface area contributed by atoms with Gasteiger partial charge >= 0.3 is 0 Å². The SMILES string of the molecule is COc1cccc2cc(C(=O)NCc3cccc4ccccc34)oc12. The van der Waals surface area contributed by atoms with E-state index in [0.29, 0.717) is 17.9 Å². The van der Waals surface area contributed by atoms with Crippen LogP contribution in [0.15, 0.2) is 71.1 Å². The number of nitrogens with one attached hydrogen (secondary N) is 1. The average Bonchev–Trinajstić information content (AvgIpc) is 3.10. The Morgan fingerprint density at radius 2 is 1.76 bits per heavy atom. The Bertz CT molecular complexity index is 1060. The third-order valence-corrected chi connectivity index (χ3v) is 4.27. The van der Waals surface area contributed by atoms with Crippen molar-refractivity contribution in [1.29, 1.82) is 0 Å². The first kappa shape index (κ1) is 15.3. The number of hydrogen-bond donors (Lipinski definition) is 1. The minimum Gasteiger partial charge on any atom is -0.493 e. The van der Waals surface area contributed by atoms with Crippen LogP contribution in [0.1, 0.15) is 16.1 Å². The van der Waals surface area contributed by atoms with Crippen LogP contribution in [0.4, 0.5) is 0 Å². The summed E-state index contributed by atoms with van der Waals surface area (Å²) in [6.45, 7) is 0.439. The van der Waals surface area contributed by atoms with Crippen LogP contribution < -0.4 is 10.1 Å². The number of fused-ring (bicyclic) bond motifs is 2. The van der Waals surface area contributed by atoms with E-state index in [1.54, 1.807) is 13.2 Å². The Morgan fingerprint density at radius 3 is 2.64 bits per heavy atom. The van der Waals surface area contributed by atoms with Crippen LogP contribution in [0.5, 0.6) is 5.75 Å². The van der Waals surface area contributed by atoms with Gasteiger partial charge in [0.15, 0.2) is 17.1 Å². The zero-order valence-electron chi connectivity index (χ0n) is 13.8. The van der Waals surface area contributed by atoms with E-state index in [9.17, 15) is 4.79 Å². The van der Waals surface area contributed by atoms with Crippen LogP contribution in [0, 0.1) is 0 Å². The van der Waals surface area contributed by atoms with Crippen molar-refractivity contribution in [3.63, 3.8) is 0 Å². The molecule has 0 saturated heterocycles.